The Balaban J connectivity index is 2.24. The zero-order valence-corrected chi connectivity index (χ0v) is 6.72. The Labute approximate surface area is 72.9 Å². The molecular formula is C8H7F2NO2. The summed E-state index contributed by atoms with van der Waals surface area (Å²) in [7, 11) is 0. The maximum Gasteiger partial charge on any atom is 0.292 e. The average molecular weight is 187 g/mol. The van der Waals surface area contributed by atoms with Gasteiger partial charge in [-0.25, -0.2) is 4.39 Å². The van der Waals surface area contributed by atoms with Crippen LogP contribution in [-0.2, 0) is 0 Å². The van der Waals surface area contributed by atoms with Gasteiger partial charge in [0.2, 0.25) is 11.6 Å². The Kier molecular flexibility index (Phi) is 1.79. The Morgan fingerprint density at radius 3 is 2.54 bits per heavy atom. The maximum atomic E-state index is 12.8. The molecule has 0 unspecified atom stereocenters. The van der Waals surface area contributed by atoms with Crippen LogP contribution in [0.5, 0.6) is 0 Å². The number of nitrogens with zero attached hydrogens (tertiary/aromatic N) is 1. The largest absolute Gasteiger partial charge is 0.453 e. The van der Waals surface area contributed by atoms with Crippen molar-refractivity contribution in [2.24, 2.45) is 0 Å². The Bertz CT molecular complexity index is 344. The van der Waals surface area contributed by atoms with Gasteiger partial charge < -0.3 is 9.32 Å². The van der Waals surface area contributed by atoms with Gasteiger partial charge in [0.05, 0.1) is 0 Å². The summed E-state index contributed by atoms with van der Waals surface area (Å²) >= 11 is 0. The second-order valence-corrected chi connectivity index (χ2v) is 2.87. The van der Waals surface area contributed by atoms with Crippen LogP contribution in [0.4, 0.5) is 8.78 Å². The fourth-order valence-electron chi connectivity index (χ4n) is 1.13. The molecule has 1 saturated heterocycles. The molecule has 1 aromatic rings. The number of likely N-dealkylation sites (tertiary alicyclic amines) is 1. The lowest BCUT2D eigenvalue weighted by Gasteiger charge is -2.29. The first-order valence-electron chi connectivity index (χ1n) is 3.92. The molecule has 5 heteroatoms. The van der Waals surface area contributed by atoms with Gasteiger partial charge >= 0.3 is 0 Å². The molecule has 2 rings (SSSR count). The van der Waals surface area contributed by atoms with Gasteiger partial charge in [0.25, 0.3) is 5.91 Å². The highest BCUT2D eigenvalue weighted by atomic mass is 19.2. The second-order valence-electron chi connectivity index (χ2n) is 2.87. The molecule has 0 spiro atoms. The number of amides is 1. The van der Waals surface area contributed by atoms with Crippen molar-refractivity contribution in [3.63, 3.8) is 0 Å². The van der Waals surface area contributed by atoms with Crippen LogP contribution in [0.3, 0.4) is 0 Å². The van der Waals surface area contributed by atoms with Crippen LogP contribution in [0.1, 0.15) is 17.0 Å². The van der Waals surface area contributed by atoms with E-state index in [2.05, 4.69) is 4.42 Å². The van der Waals surface area contributed by atoms with Gasteiger partial charge in [0.1, 0.15) is 6.26 Å². The summed E-state index contributed by atoms with van der Waals surface area (Å²) in [4.78, 5) is 12.7. The molecule has 0 bridgehead atoms. The highest BCUT2D eigenvalue weighted by Gasteiger charge is 2.28. The van der Waals surface area contributed by atoms with E-state index in [9.17, 15) is 13.6 Å². The van der Waals surface area contributed by atoms with Crippen molar-refractivity contribution < 1.29 is 18.0 Å². The minimum absolute atomic E-state index is 0.530. The van der Waals surface area contributed by atoms with E-state index in [-0.39, 0.29) is 0 Å². The van der Waals surface area contributed by atoms with Gasteiger partial charge in [0.15, 0.2) is 5.82 Å². The Morgan fingerprint density at radius 1 is 1.46 bits per heavy atom. The molecule has 0 aromatic carbocycles. The molecule has 1 amide bonds. The lowest BCUT2D eigenvalue weighted by Crippen LogP contribution is -2.42. The monoisotopic (exact) mass is 187 g/mol. The zero-order valence-electron chi connectivity index (χ0n) is 6.72. The van der Waals surface area contributed by atoms with E-state index in [4.69, 9.17) is 0 Å². The van der Waals surface area contributed by atoms with Crippen LogP contribution in [0.25, 0.3) is 0 Å². The fourth-order valence-corrected chi connectivity index (χ4v) is 1.13. The molecule has 3 nitrogen and oxygen atoms in total. The van der Waals surface area contributed by atoms with E-state index in [1.54, 1.807) is 0 Å². The van der Waals surface area contributed by atoms with Crippen molar-refractivity contribution >= 4 is 5.91 Å². The first-order valence-corrected chi connectivity index (χ1v) is 3.92. The van der Waals surface area contributed by atoms with Crippen LogP contribution in [0.15, 0.2) is 10.7 Å². The van der Waals surface area contributed by atoms with E-state index in [1.165, 1.54) is 4.90 Å². The molecule has 1 aliphatic heterocycles. The Hall–Kier alpha value is -1.39. The molecule has 0 aliphatic carbocycles. The molecule has 1 aromatic heterocycles. The van der Waals surface area contributed by atoms with Gasteiger partial charge in [-0.2, -0.15) is 4.39 Å². The summed E-state index contributed by atoms with van der Waals surface area (Å²) in [6.07, 6.45) is 1.50. The standard InChI is InChI=1S/C8H7F2NO2/c9-5-4-13-7(6(5)10)8(12)11-2-1-3-11/h4H,1-3H2. The summed E-state index contributed by atoms with van der Waals surface area (Å²) in [6.45, 7) is 1.17. The number of rotatable bonds is 1. The van der Waals surface area contributed by atoms with Crippen LogP contribution in [0, 0.1) is 11.6 Å². The predicted molar refractivity (Wildman–Crippen MR) is 39.1 cm³/mol. The van der Waals surface area contributed by atoms with Gasteiger partial charge in [-0.1, -0.05) is 0 Å². The molecule has 1 aliphatic rings. The average Bonchev–Trinajstić information content (AvgIpc) is 2.29. The third-order valence-electron chi connectivity index (χ3n) is 2.03. The predicted octanol–water partition coefficient (Wildman–Crippen LogP) is 1.40. The summed E-state index contributed by atoms with van der Waals surface area (Å²) < 4.78 is 29.7. The topological polar surface area (TPSA) is 33.5 Å². The molecule has 13 heavy (non-hydrogen) atoms. The Morgan fingerprint density at radius 2 is 2.15 bits per heavy atom. The number of carbonyl (C=O) groups excluding carboxylic acids is 1. The molecule has 0 saturated carbocycles. The molecule has 2 heterocycles. The molecule has 1 fully saturated rings. The second kappa shape index (κ2) is 2.83. The van der Waals surface area contributed by atoms with Gasteiger partial charge in [-0.05, 0) is 6.42 Å². The summed E-state index contributed by atoms with van der Waals surface area (Å²) in [5.41, 5.74) is 0. The highest BCUT2D eigenvalue weighted by molar-refractivity contribution is 5.92. The van der Waals surface area contributed by atoms with Crippen molar-refractivity contribution in [3.8, 4) is 0 Å². The number of halogens is 2. The minimum Gasteiger partial charge on any atom is -0.453 e. The van der Waals surface area contributed by atoms with E-state index in [0.29, 0.717) is 19.4 Å². The first-order chi connectivity index (χ1) is 6.20. The smallest absolute Gasteiger partial charge is 0.292 e. The minimum atomic E-state index is -1.20. The maximum absolute atomic E-state index is 12.8. The molecule has 0 radical (unpaired) electrons. The molecule has 70 valence electrons. The van der Waals surface area contributed by atoms with Crippen LogP contribution in [0.2, 0.25) is 0 Å². The van der Waals surface area contributed by atoms with Gasteiger partial charge in [-0.15, -0.1) is 0 Å². The lowest BCUT2D eigenvalue weighted by atomic mass is 10.2. The van der Waals surface area contributed by atoms with E-state index < -0.39 is 23.3 Å². The summed E-state index contributed by atoms with van der Waals surface area (Å²) in [5.74, 6) is -3.43. The molecular weight excluding hydrogens is 180 g/mol. The van der Waals surface area contributed by atoms with Crippen LogP contribution >= 0.6 is 0 Å². The third-order valence-corrected chi connectivity index (χ3v) is 2.03. The number of furan rings is 1. The highest BCUT2D eigenvalue weighted by Crippen LogP contribution is 2.18. The lowest BCUT2D eigenvalue weighted by molar-refractivity contribution is 0.0612. The quantitative estimate of drug-likeness (QED) is 0.665. The molecule has 0 N–H and O–H groups in total. The number of carbonyl (C=O) groups is 1. The van der Waals surface area contributed by atoms with Gasteiger partial charge in [0, 0.05) is 13.1 Å². The van der Waals surface area contributed by atoms with Gasteiger partial charge in [-0.3, -0.25) is 4.79 Å². The van der Waals surface area contributed by atoms with E-state index >= 15 is 0 Å². The van der Waals surface area contributed by atoms with Crippen molar-refractivity contribution in [2.45, 2.75) is 6.42 Å². The van der Waals surface area contributed by atoms with Crippen molar-refractivity contribution in [3.05, 3.63) is 23.7 Å². The number of hydrogen-bond donors (Lipinski definition) is 0. The van der Waals surface area contributed by atoms with Crippen molar-refractivity contribution in [2.75, 3.05) is 13.1 Å². The van der Waals surface area contributed by atoms with Crippen molar-refractivity contribution in [1.82, 2.24) is 4.90 Å². The van der Waals surface area contributed by atoms with Crippen LogP contribution < -0.4 is 0 Å². The van der Waals surface area contributed by atoms with E-state index in [1.807, 2.05) is 0 Å². The normalized spacial score (nSPS) is 15.7. The zero-order chi connectivity index (χ0) is 9.42. The van der Waals surface area contributed by atoms with Crippen molar-refractivity contribution in [1.29, 1.82) is 0 Å². The third kappa shape index (κ3) is 1.20. The SMILES string of the molecule is O=C(c1occ(F)c1F)N1CCC1. The number of hydrogen-bond acceptors (Lipinski definition) is 2. The summed E-state index contributed by atoms with van der Waals surface area (Å²) in [6, 6.07) is 0. The summed E-state index contributed by atoms with van der Waals surface area (Å²) in [5, 5.41) is 0. The fraction of sp³-hybridized carbons (Fsp3) is 0.375. The van der Waals surface area contributed by atoms with E-state index in [0.717, 1.165) is 6.42 Å². The van der Waals surface area contributed by atoms with Crippen LogP contribution in [-0.4, -0.2) is 23.9 Å². The first kappa shape index (κ1) is 8.22. The molecule has 0 atom stereocenters.